The van der Waals surface area contributed by atoms with Crippen LogP contribution in [0.15, 0.2) is 91.0 Å². The molecule has 31 nitrogen and oxygen atoms in total. The Labute approximate surface area is 578 Å². The lowest BCUT2D eigenvalue weighted by Crippen LogP contribution is -2.71. The first-order valence-corrected chi connectivity index (χ1v) is 31.8. The van der Waals surface area contributed by atoms with Crippen LogP contribution in [0.2, 0.25) is 0 Å². The number of aliphatic hydroxyl groups excluding tert-OH is 1. The molecule has 34 heteroatoms. The maximum Gasteiger partial charge on any atom is 0.471 e. The standard InChI is InChI=1S/C67H84F3N3O28/c1-36(74)72-50-55(90-32-44-24-17-13-18-25-44)53(48(33-87-31-43-22-15-12-16-23-43)97-60(50)88-29-21-28-71-62(83)67(68,69)70)99-61-58(95-42(7)80)57(98-59(82)45-26-19-14-20-27-45)52(81)47(96-61)35-91-66(63(84)86-11)30-46(92-39(4)77)51(73(37(2)75)64(85)101-65(8,9)10)56(100-66)54(94-41(6)79)49(93-40(5)78)34-89-38(3)76/h12-20,22-27,46-58,60-61,81H,21,28-35H2,1-11H3,(H,71,83)(H,72,74)/t46-,47+,48+,49+,50+,51+,52-,53+,54+,55+,56+,57-,58+,60+,61-,66+/m0/s1. The second-order valence-electron chi connectivity index (χ2n) is 24.3. The monoisotopic (exact) mass is 1440 g/mol. The van der Waals surface area contributed by atoms with E-state index in [0.717, 1.165) is 55.6 Å². The van der Waals surface area contributed by atoms with E-state index in [-0.39, 0.29) is 25.2 Å². The molecule has 556 valence electrons. The molecule has 3 aliphatic rings. The summed E-state index contributed by atoms with van der Waals surface area (Å²) in [4.78, 5) is 149. The number of rotatable bonds is 30. The Morgan fingerprint density at radius 2 is 1.27 bits per heavy atom. The number of carbonyl (C=O) groups excluding carboxylic acids is 11. The van der Waals surface area contributed by atoms with Crippen molar-refractivity contribution in [2.45, 2.75) is 205 Å². The first kappa shape index (κ1) is 81.2. The highest BCUT2D eigenvalue weighted by Gasteiger charge is 2.63. The van der Waals surface area contributed by atoms with Gasteiger partial charge in [-0.3, -0.25) is 38.4 Å². The molecule has 101 heavy (non-hydrogen) atoms. The van der Waals surface area contributed by atoms with Gasteiger partial charge in [-0.25, -0.2) is 19.3 Å². The molecule has 3 fully saturated rings. The van der Waals surface area contributed by atoms with Crippen LogP contribution in [0.3, 0.4) is 0 Å². The second-order valence-corrected chi connectivity index (χ2v) is 24.3. The summed E-state index contributed by atoms with van der Waals surface area (Å²) >= 11 is 0. The van der Waals surface area contributed by atoms with Crippen molar-refractivity contribution in [3.8, 4) is 0 Å². The van der Waals surface area contributed by atoms with Crippen LogP contribution in [0.4, 0.5) is 18.0 Å². The summed E-state index contributed by atoms with van der Waals surface area (Å²) in [6.07, 6.45) is -33.4. The number of aliphatic hydroxyl groups is 1. The molecule has 0 radical (unpaired) electrons. The fraction of sp³-hybridized carbons (Fsp3) is 0.567. The SMILES string of the molecule is COC(=O)[C@@]1(OC[C@H]2O[C@@H](O[C@H]3[C@H](OCc4ccccc4)[C@@H](NC(C)=O)[C@H](OCCCNC(=O)C(F)(F)F)O[C@@H]3COCc3ccccc3)[C@H](OC(C)=O)[C@@H](OC(=O)c3ccccc3)[C@H]2O)C[C@H](OC(C)=O)[C@@H](N(C(C)=O)C(=O)OC(C)(C)C)[C@H]([C@H](OC(C)=O)[C@@H](COC(C)=O)OC(C)=O)O1. The van der Waals surface area contributed by atoms with Crippen LogP contribution in [0.25, 0.3) is 0 Å². The lowest BCUT2D eigenvalue weighted by molar-refractivity contribution is -0.364. The number of imide groups is 1. The molecule has 0 aromatic heterocycles. The van der Waals surface area contributed by atoms with E-state index >= 15 is 0 Å². The quantitative estimate of drug-likeness (QED) is 0.0483. The van der Waals surface area contributed by atoms with E-state index in [9.17, 15) is 71.0 Å². The number of esters is 7. The van der Waals surface area contributed by atoms with Crippen LogP contribution in [0.5, 0.6) is 0 Å². The largest absolute Gasteiger partial charge is 0.471 e. The summed E-state index contributed by atoms with van der Waals surface area (Å²) in [5.41, 5.74) is -0.265. The normalized spacial score (nSPS) is 25.6. The molecule has 3 heterocycles. The van der Waals surface area contributed by atoms with Gasteiger partial charge in [0, 0.05) is 55.0 Å². The maximum absolute atomic E-state index is 14.9. The smallest absolute Gasteiger partial charge is 0.465 e. The summed E-state index contributed by atoms with van der Waals surface area (Å²) in [5, 5.41) is 17.2. The van der Waals surface area contributed by atoms with Crippen LogP contribution in [-0.4, -0.2) is 225 Å². The molecule has 0 aliphatic carbocycles. The number of benzene rings is 3. The van der Waals surface area contributed by atoms with Crippen molar-refractivity contribution in [3.05, 3.63) is 108 Å². The Balaban J connectivity index is 1.55. The molecule has 3 aromatic rings. The number of amides is 4. The topological polar surface area (TPSA) is 383 Å². The van der Waals surface area contributed by atoms with Crippen LogP contribution in [-0.2, 0) is 132 Å². The fourth-order valence-corrected chi connectivity index (χ4v) is 11.1. The highest BCUT2D eigenvalue weighted by molar-refractivity contribution is 5.92. The predicted octanol–water partition coefficient (Wildman–Crippen LogP) is 3.92. The van der Waals surface area contributed by atoms with Gasteiger partial charge < -0.3 is 91.5 Å². The van der Waals surface area contributed by atoms with Gasteiger partial charge in [-0.1, -0.05) is 78.9 Å². The molecule has 0 spiro atoms. The van der Waals surface area contributed by atoms with Gasteiger partial charge >= 0.3 is 60.0 Å². The maximum atomic E-state index is 14.9. The van der Waals surface area contributed by atoms with Crippen LogP contribution >= 0.6 is 0 Å². The average molecular weight is 1440 g/mol. The summed E-state index contributed by atoms with van der Waals surface area (Å²) in [6, 6.07) is 20.9. The molecule has 0 unspecified atom stereocenters. The summed E-state index contributed by atoms with van der Waals surface area (Å²) in [5.74, 6) is -15.3. The molecule has 3 saturated heterocycles. The van der Waals surface area contributed by atoms with Gasteiger partial charge in [-0.15, -0.1) is 0 Å². The van der Waals surface area contributed by atoms with Crippen LogP contribution in [0, 0.1) is 0 Å². The molecule has 6 rings (SSSR count). The second kappa shape index (κ2) is 37.3. The number of hydrogen-bond donors (Lipinski definition) is 3. The van der Waals surface area contributed by atoms with Crippen molar-refractivity contribution in [2.75, 3.05) is 40.1 Å². The van der Waals surface area contributed by atoms with Gasteiger partial charge in [-0.2, -0.15) is 13.2 Å². The minimum atomic E-state index is -5.20. The van der Waals surface area contributed by atoms with Crippen molar-refractivity contribution >= 4 is 65.6 Å². The highest BCUT2D eigenvalue weighted by Crippen LogP contribution is 2.42. The molecular formula is C67H84F3N3O28. The zero-order valence-corrected chi connectivity index (χ0v) is 57.2. The molecule has 4 amide bonds. The fourth-order valence-electron chi connectivity index (χ4n) is 11.1. The molecule has 3 aromatic carbocycles. The van der Waals surface area contributed by atoms with Crippen molar-refractivity contribution in [2.24, 2.45) is 0 Å². The predicted molar refractivity (Wildman–Crippen MR) is 334 cm³/mol. The van der Waals surface area contributed by atoms with Gasteiger partial charge in [0.1, 0.15) is 67.0 Å². The van der Waals surface area contributed by atoms with E-state index in [1.54, 1.807) is 72.0 Å². The Hall–Kier alpha value is -8.74. The lowest BCUT2D eigenvalue weighted by atomic mass is 9.86. The number of methoxy groups -OCH3 is 1. The van der Waals surface area contributed by atoms with E-state index in [2.05, 4.69) is 5.32 Å². The van der Waals surface area contributed by atoms with E-state index in [1.807, 2.05) is 0 Å². The molecule has 0 saturated carbocycles. The van der Waals surface area contributed by atoms with Gasteiger partial charge in [-0.05, 0) is 50.5 Å². The zero-order valence-electron chi connectivity index (χ0n) is 57.2. The van der Waals surface area contributed by atoms with Gasteiger partial charge in [0.05, 0.1) is 52.1 Å². The third-order valence-corrected chi connectivity index (χ3v) is 15.1. The Morgan fingerprint density at radius 3 is 1.81 bits per heavy atom. The van der Waals surface area contributed by atoms with Gasteiger partial charge in [0.25, 0.3) is 5.79 Å². The van der Waals surface area contributed by atoms with E-state index in [0.29, 0.717) is 16.0 Å². The van der Waals surface area contributed by atoms with Crippen LogP contribution in [0.1, 0.15) is 104 Å². The minimum absolute atomic E-state index is 0.0857. The Bertz CT molecular complexity index is 3310. The molecular weight excluding hydrogens is 1350 g/mol. The first-order valence-electron chi connectivity index (χ1n) is 31.8. The number of alkyl halides is 3. The summed E-state index contributed by atoms with van der Waals surface area (Å²) < 4.78 is 137. The van der Waals surface area contributed by atoms with E-state index in [4.69, 9.17) is 75.8 Å². The Kier molecular flexibility index (Phi) is 30.0. The first-order chi connectivity index (χ1) is 47.6. The zero-order chi connectivity index (χ0) is 74.5. The number of nitrogens with one attached hydrogen (secondary N) is 2. The number of hydrogen-bond acceptors (Lipinski definition) is 28. The van der Waals surface area contributed by atoms with Crippen molar-refractivity contribution in [1.29, 1.82) is 0 Å². The number of halogens is 3. The number of carbonyl (C=O) groups is 11. The highest BCUT2D eigenvalue weighted by atomic mass is 19.4. The number of ether oxygens (including phenoxy) is 16. The molecule has 0 bridgehead atoms. The van der Waals surface area contributed by atoms with Crippen molar-refractivity contribution in [3.63, 3.8) is 0 Å². The number of nitrogens with zero attached hydrogens (tertiary/aromatic N) is 1. The lowest BCUT2D eigenvalue weighted by Gasteiger charge is -2.51. The molecule has 16 atom stereocenters. The summed E-state index contributed by atoms with van der Waals surface area (Å²) in [7, 11) is 0.843. The minimum Gasteiger partial charge on any atom is -0.465 e. The van der Waals surface area contributed by atoms with E-state index < -0.39 is 214 Å². The Morgan fingerprint density at radius 1 is 0.673 bits per heavy atom. The van der Waals surface area contributed by atoms with Crippen molar-refractivity contribution < 1.29 is 147 Å². The third kappa shape index (κ3) is 23.9. The van der Waals surface area contributed by atoms with Crippen molar-refractivity contribution in [1.82, 2.24) is 15.5 Å². The third-order valence-electron chi connectivity index (χ3n) is 15.1. The van der Waals surface area contributed by atoms with Gasteiger partial charge in [0.15, 0.2) is 37.0 Å². The molecule has 3 aliphatic heterocycles. The summed E-state index contributed by atoms with van der Waals surface area (Å²) in [6.45, 7) is 7.05. The van der Waals surface area contributed by atoms with E-state index in [1.165, 1.54) is 45.0 Å². The molecule has 3 N–H and O–H groups in total. The van der Waals surface area contributed by atoms with Gasteiger partial charge in [0.2, 0.25) is 11.8 Å². The average Bonchev–Trinajstić information content (AvgIpc) is 0.746. The van der Waals surface area contributed by atoms with Crippen LogP contribution < -0.4 is 10.6 Å².